The van der Waals surface area contributed by atoms with Gasteiger partial charge in [0.15, 0.2) is 11.3 Å². The molecule has 0 aliphatic heterocycles. The molecular formula is C18H14O5. The van der Waals surface area contributed by atoms with Crippen LogP contribution in [0.25, 0.3) is 22.1 Å². The van der Waals surface area contributed by atoms with Crippen LogP contribution in [0.2, 0.25) is 0 Å². The van der Waals surface area contributed by atoms with Crippen molar-refractivity contribution in [3.63, 3.8) is 0 Å². The van der Waals surface area contributed by atoms with Gasteiger partial charge in [-0.2, -0.15) is 0 Å². The van der Waals surface area contributed by atoms with E-state index < -0.39 is 5.97 Å². The fourth-order valence-electron chi connectivity index (χ4n) is 2.51. The first-order valence-corrected chi connectivity index (χ1v) is 7.02. The first-order chi connectivity index (χ1) is 11.0. The third kappa shape index (κ3) is 2.57. The van der Waals surface area contributed by atoms with E-state index in [0.29, 0.717) is 11.3 Å². The van der Waals surface area contributed by atoms with Crippen molar-refractivity contribution < 1.29 is 19.1 Å². The summed E-state index contributed by atoms with van der Waals surface area (Å²) in [5, 5.41) is 10.1. The number of phenolic OH excluding ortho intramolecular Hbond substituents is 1. The summed E-state index contributed by atoms with van der Waals surface area (Å²) in [7, 11) is 0. The Kier molecular flexibility index (Phi) is 3.62. The molecule has 0 radical (unpaired) electrons. The van der Waals surface area contributed by atoms with E-state index in [0.717, 1.165) is 5.56 Å². The van der Waals surface area contributed by atoms with Gasteiger partial charge in [0.2, 0.25) is 11.2 Å². The van der Waals surface area contributed by atoms with Crippen LogP contribution in [-0.4, -0.2) is 11.1 Å². The summed E-state index contributed by atoms with van der Waals surface area (Å²) in [6.45, 7) is 2.87. The minimum absolute atomic E-state index is 0.0578. The van der Waals surface area contributed by atoms with Crippen LogP contribution < -0.4 is 10.2 Å². The van der Waals surface area contributed by atoms with Crippen molar-refractivity contribution in [2.45, 2.75) is 13.8 Å². The second-order valence-electron chi connectivity index (χ2n) is 5.11. The lowest BCUT2D eigenvalue weighted by Crippen LogP contribution is -2.09. The number of esters is 1. The maximum Gasteiger partial charge on any atom is 0.308 e. The summed E-state index contributed by atoms with van der Waals surface area (Å²) in [6, 6.07) is 11.9. The highest BCUT2D eigenvalue weighted by atomic mass is 16.5. The molecule has 5 nitrogen and oxygen atoms in total. The van der Waals surface area contributed by atoms with Gasteiger partial charge in [-0.1, -0.05) is 30.3 Å². The maximum atomic E-state index is 12.8. The molecule has 116 valence electrons. The van der Waals surface area contributed by atoms with E-state index in [2.05, 4.69) is 0 Å². The molecule has 3 aromatic rings. The van der Waals surface area contributed by atoms with Crippen LogP contribution in [0.5, 0.6) is 11.5 Å². The molecule has 3 rings (SSSR count). The van der Waals surface area contributed by atoms with Crippen LogP contribution in [-0.2, 0) is 4.79 Å². The number of aromatic hydroxyl groups is 1. The number of carbonyl (C=O) groups excluding carboxylic acids is 1. The zero-order valence-corrected chi connectivity index (χ0v) is 12.6. The van der Waals surface area contributed by atoms with Crippen molar-refractivity contribution >= 4 is 16.9 Å². The molecule has 1 N–H and O–H groups in total. The number of rotatable bonds is 2. The molecule has 1 heterocycles. The fourth-order valence-corrected chi connectivity index (χ4v) is 2.51. The van der Waals surface area contributed by atoms with Crippen LogP contribution in [0.4, 0.5) is 0 Å². The van der Waals surface area contributed by atoms with Crippen molar-refractivity contribution in [2.75, 3.05) is 0 Å². The Hall–Kier alpha value is -3.08. The largest absolute Gasteiger partial charge is 0.504 e. The lowest BCUT2D eigenvalue weighted by atomic mass is 10.0. The van der Waals surface area contributed by atoms with Crippen LogP contribution in [0, 0.1) is 6.92 Å². The first kappa shape index (κ1) is 14.8. The van der Waals surface area contributed by atoms with E-state index in [1.165, 1.54) is 19.1 Å². The van der Waals surface area contributed by atoms with Crippen LogP contribution >= 0.6 is 0 Å². The number of aryl methyl sites for hydroxylation is 1. The van der Waals surface area contributed by atoms with Crippen LogP contribution in [0.1, 0.15) is 12.7 Å². The van der Waals surface area contributed by atoms with Gasteiger partial charge in [0.25, 0.3) is 0 Å². The lowest BCUT2D eigenvalue weighted by molar-refractivity contribution is -0.131. The molecule has 0 aliphatic carbocycles. The molecule has 0 bridgehead atoms. The third-order valence-corrected chi connectivity index (χ3v) is 3.48. The number of carbonyl (C=O) groups is 1. The fraction of sp³-hybridized carbons (Fsp3) is 0.111. The standard InChI is InChI=1S/C18H14O5/c1-10-15(12-6-4-3-5-7-12)16(21)13-8-9-14(20)18(17(13)22-10)23-11(2)19/h3-9,20H,1-2H3. The number of phenols is 1. The predicted molar refractivity (Wildman–Crippen MR) is 85.6 cm³/mol. The van der Waals surface area contributed by atoms with E-state index in [4.69, 9.17) is 9.15 Å². The molecule has 0 aliphatic rings. The zero-order chi connectivity index (χ0) is 16.6. The van der Waals surface area contributed by atoms with Gasteiger partial charge in [-0.25, -0.2) is 0 Å². The quantitative estimate of drug-likeness (QED) is 0.580. The molecule has 0 unspecified atom stereocenters. The Morgan fingerprint density at radius 2 is 1.83 bits per heavy atom. The highest BCUT2D eigenvalue weighted by Gasteiger charge is 2.19. The van der Waals surface area contributed by atoms with Gasteiger partial charge >= 0.3 is 5.97 Å². The second-order valence-corrected chi connectivity index (χ2v) is 5.11. The summed E-state index contributed by atoms with van der Waals surface area (Å²) < 4.78 is 10.7. The van der Waals surface area contributed by atoms with Crippen LogP contribution in [0.3, 0.4) is 0 Å². The Balaban J connectivity index is 2.36. The van der Waals surface area contributed by atoms with E-state index in [-0.39, 0.29) is 27.9 Å². The number of hydrogen-bond acceptors (Lipinski definition) is 5. The minimum atomic E-state index is -0.611. The molecule has 0 amide bonds. The van der Waals surface area contributed by atoms with Crippen molar-refractivity contribution in [1.82, 2.24) is 0 Å². The van der Waals surface area contributed by atoms with Gasteiger partial charge in [0, 0.05) is 6.92 Å². The van der Waals surface area contributed by atoms with Crippen molar-refractivity contribution in [1.29, 1.82) is 0 Å². The van der Waals surface area contributed by atoms with E-state index in [1.807, 2.05) is 30.3 Å². The number of hydrogen-bond donors (Lipinski definition) is 1. The van der Waals surface area contributed by atoms with E-state index >= 15 is 0 Å². The average Bonchev–Trinajstić information content (AvgIpc) is 2.51. The minimum Gasteiger partial charge on any atom is -0.504 e. The van der Waals surface area contributed by atoms with Gasteiger partial charge < -0.3 is 14.3 Å². The lowest BCUT2D eigenvalue weighted by Gasteiger charge is -2.10. The molecule has 0 spiro atoms. The van der Waals surface area contributed by atoms with Gasteiger partial charge in [-0.15, -0.1) is 0 Å². The van der Waals surface area contributed by atoms with E-state index in [9.17, 15) is 14.7 Å². The summed E-state index contributed by atoms with van der Waals surface area (Å²) in [4.78, 5) is 24.0. The van der Waals surface area contributed by atoms with Crippen LogP contribution in [0.15, 0.2) is 51.7 Å². The SMILES string of the molecule is CC(=O)Oc1c(O)ccc2c(=O)c(-c3ccccc3)c(C)oc12. The molecular weight excluding hydrogens is 296 g/mol. The number of benzene rings is 2. The topological polar surface area (TPSA) is 76.7 Å². The molecule has 0 saturated carbocycles. The summed E-state index contributed by atoms with van der Waals surface area (Å²) >= 11 is 0. The molecule has 0 fully saturated rings. The Morgan fingerprint density at radius 1 is 1.13 bits per heavy atom. The van der Waals surface area contributed by atoms with Gasteiger partial charge in [0.05, 0.1) is 10.9 Å². The summed E-state index contributed by atoms with van der Waals surface area (Å²) in [5.41, 5.74) is 0.992. The third-order valence-electron chi connectivity index (χ3n) is 3.48. The summed E-state index contributed by atoms with van der Waals surface area (Å²) in [6.07, 6.45) is 0. The van der Waals surface area contributed by atoms with Gasteiger partial charge in [-0.3, -0.25) is 9.59 Å². The molecule has 5 heteroatoms. The monoisotopic (exact) mass is 310 g/mol. The highest BCUT2D eigenvalue weighted by Crippen LogP contribution is 2.36. The van der Waals surface area contributed by atoms with Crippen molar-refractivity contribution in [2.24, 2.45) is 0 Å². The van der Waals surface area contributed by atoms with Crippen molar-refractivity contribution in [3.05, 3.63) is 58.4 Å². The average molecular weight is 310 g/mol. The summed E-state index contributed by atoms with van der Waals surface area (Å²) in [5.74, 6) is -0.634. The zero-order valence-electron chi connectivity index (χ0n) is 12.6. The maximum absolute atomic E-state index is 12.8. The van der Waals surface area contributed by atoms with E-state index in [1.54, 1.807) is 6.92 Å². The normalized spacial score (nSPS) is 10.7. The number of ether oxygens (including phenoxy) is 1. The Bertz CT molecular complexity index is 955. The Labute approximate surface area is 131 Å². The molecule has 0 atom stereocenters. The molecule has 2 aromatic carbocycles. The Morgan fingerprint density at radius 3 is 2.48 bits per heavy atom. The predicted octanol–water partition coefficient (Wildman–Crippen LogP) is 3.40. The first-order valence-electron chi connectivity index (χ1n) is 7.02. The second kappa shape index (κ2) is 5.61. The molecule has 1 aromatic heterocycles. The molecule has 23 heavy (non-hydrogen) atoms. The highest BCUT2D eigenvalue weighted by molar-refractivity contribution is 5.90. The number of fused-ring (bicyclic) bond motifs is 1. The molecule has 0 saturated heterocycles. The van der Waals surface area contributed by atoms with Crippen molar-refractivity contribution in [3.8, 4) is 22.6 Å². The van der Waals surface area contributed by atoms with Gasteiger partial charge in [-0.05, 0) is 24.6 Å². The van der Waals surface area contributed by atoms with Gasteiger partial charge in [0.1, 0.15) is 5.76 Å². The smallest absolute Gasteiger partial charge is 0.308 e.